The molecule has 1 unspecified atom stereocenters. The van der Waals surface area contributed by atoms with Crippen LogP contribution in [0.15, 0.2) is 24.3 Å². The monoisotopic (exact) mass is 294 g/mol. The predicted octanol–water partition coefficient (Wildman–Crippen LogP) is 5.66. The van der Waals surface area contributed by atoms with Crippen LogP contribution < -0.4 is 0 Å². The number of rotatable bonds is 5. The molecule has 0 spiro atoms. The van der Waals surface area contributed by atoms with Gasteiger partial charge in [-0.15, -0.1) is 0 Å². The molecule has 0 N–H and O–H groups in total. The van der Waals surface area contributed by atoms with E-state index in [1.54, 1.807) is 0 Å². The van der Waals surface area contributed by atoms with Gasteiger partial charge < -0.3 is 0 Å². The fourth-order valence-corrected chi connectivity index (χ4v) is 3.61. The Bertz CT molecular complexity index is 322. The van der Waals surface area contributed by atoms with E-state index in [9.17, 15) is 0 Å². The molecule has 1 saturated carbocycles. The molecular formula is C16H23Br. The van der Waals surface area contributed by atoms with Crippen LogP contribution in [0.1, 0.15) is 61.4 Å². The van der Waals surface area contributed by atoms with E-state index in [-0.39, 0.29) is 0 Å². The summed E-state index contributed by atoms with van der Waals surface area (Å²) in [6, 6.07) is 9.27. The van der Waals surface area contributed by atoms with Crippen LogP contribution in [-0.4, -0.2) is 0 Å². The first-order valence-electron chi connectivity index (χ1n) is 7.04. The lowest BCUT2D eigenvalue weighted by Crippen LogP contribution is -2.02. The molecule has 0 aliphatic heterocycles. The zero-order chi connectivity index (χ0) is 12.1. The zero-order valence-electron chi connectivity index (χ0n) is 10.8. The number of alkyl halides is 1. The lowest BCUT2D eigenvalue weighted by Gasteiger charge is -2.17. The Balaban J connectivity index is 1.96. The Morgan fingerprint density at radius 2 is 1.82 bits per heavy atom. The molecular weight excluding hydrogens is 272 g/mol. The van der Waals surface area contributed by atoms with Crippen molar-refractivity contribution in [3.63, 3.8) is 0 Å². The minimum atomic E-state index is 0.574. The van der Waals surface area contributed by atoms with Crippen LogP contribution in [0.25, 0.3) is 0 Å². The molecule has 1 aliphatic rings. The van der Waals surface area contributed by atoms with Crippen LogP contribution in [0.3, 0.4) is 0 Å². The molecule has 0 aromatic heterocycles. The van der Waals surface area contributed by atoms with Gasteiger partial charge in [0.25, 0.3) is 0 Å². The standard InChI is InChI=1S/C16H23Br/c1-2-3-6-13-9-11-15(12-10-13)16(17)14-7-4-5-8-14/h9-12,14,16H,2-8H2,1H3. The van der Waals surface area contributed by atoms with Gasteiger partial charge in [0.15, 0.2) is 0 Å². The maximum atomic E-state index is 3.89. The van der Waals surface area contributed by atoms with Crippen molar-refractivity contribution in [3.8, 4) is 0 Å². The maximum Gasteiger partial charge on any atom is 0.0423 e. The highest BCUT2D eigenvalue weighted by atomic mass is 79.9. The molecule has 0 heterocycles. The third-order valence-corrected chi connectivity index (χ3v) is 5.21. The van der Waals surface area contributed by atoms with Gasteiger partial charge in [-0.1, -0.05) is 66.4 Å². The van der Waals surface area contributed by atoms with E-state index in [2.05, 4.69) is 47.1 Å². The molecule has 1 fully saturated rings. The summed E-state index contributed by atoms with van der Waals surface area (Å²) in [5.41, 5.74) is 2.96. The Morgan fingerprint density at radius 1 is 1.18 bits per heavy atom. The van der Waals surface area contributed by atoms with Crippen molar-refractivity contribution >= 4 is 15.9 Å². The summed E-state index contributed by atoms with van der Waals surface area (Å²) in [4.78, 5) is 0.574. The first kappa shape index (κ1) is 13.1. The molecule has 0 nitrogen and oxygen atoms in total. The van der Waals surface area contributed by atoms with Crippen LogP contribution >= 0.6 is 15.9 Å². The molecule has 0 amide bonds. The van der Waals surface area contributed by atoms with Crippen LogP contribution in [0.4, 0.5) is 0 Å². The van der Waals surface area contributed by atoms with Gasteiger partial charge in [-0.3, -0.25) is 0 Å². The van der Waals surface area contributed by atoms with E-state index in [4.69, 9.17) is 0 Å². The smallest absolute Gasteiger partial charge is 0.0423 e. The average Bonchev–Trinajstić information content (AvgIpc) is 2.90. The van der Waals surface area contributed by atoms with Crippen molar-refractivity contribution in [2.75, 3.05) is 0 Å². The maximum absolute atomic E-state index is 3.89. The molecule has 0 saturated heterocycles. The normalized spacial score (nSPS) is 18.5. The molecule has 0 bridgehead atoms. The van der Waals surface area contributed by atoms with Crippen LogP contribution in [0.5, 0.6) is 0 Å². The van der Waals surface area contributed by atoms with Crippen LogP contribution in [0, 0.1) is 5.92 Å². The van der Waals surface area contributed by atoms with Crippen molar-refractivity contribution in [2.24, 2.45) is 5.92 Å². The number of aryl methyl sites for hydroxylation is 1. The van der Waals surface area contributed by atoms with Gasteiger partial charge >= 0.3 is 0 Å². The van der Waals surface area contributed by atoms with E-state index in [0.29, 0.717) is 4.83 Å². The van der Waals surface area contributed by atoms with Gasteiger partial charge in [0.2, 0.25) is 0 Å². The molecule has 0 radical (unpaired) electrons. The highest BCUT2D eigenvalue weighted by Crippen LogP contribution is 2.41. The van der Waals surface area contributed by atoms with Crippen LogP contribution in [0.2, 0.25) is 0 Å². The number of benzene rings is 1. The number of halogens is 1. The molecule has 2 rings (SSSR count). The average molecular weight is 295 g/mol. The largest absolute Gasteiger partial charge is 0.0836 e. The van der Waals surface area contributed by atoms with E-state index in [1.807, 2.05) is 0 Å². The second kappa shape index (κ2) is 6.58. The SMILES string of the molecule is CCCCc1ccc(C(Br)C2CCCC2)cc1. The van der Waals surface area contributed by atoms with Gasteiger partial charge in [0.05, 0.1) is 0 Å². The van der Waals surface area contributed by atoms with Gasteiger partial charge in [0.1, 0.15) is 0 Å². The fourth-order valence-electron chi connectivity index (χ4n) is 2.77. The summed E-state index contributed by atoms with van der Waals surface area (Å²) in [7, 11) is 0. The molecule has 1 heteroatoms. The quantitative estimate of drug-likeness (QED) is 0.615. The summed E-state index contributed by atoms with van der Waals surface area (Å²) >= 11 is 3.89. The van der Waals surface area contributed by atoms with Crippen molar-refractivity contribution in [1.82, 2.24) is 0 Å². The highest BCUT2D eigenvalue weighted by molar-refractivity contribution is 9.09. The molecule has 1 aromatic carbocycles. The van der Waals surface area contributed by atoms with Gasteiger partial charge in [-0.2, -0.15) is 0 Å². The highest BCUT2D eigenvalue weighted by Gasteiger charge is 2.23. The van der Waals surface area contributed by atoms with E-state index < -0.39 is 0 Å². The summed E-state index contributed by atoms with van der Waals surface area (Å²) in [6.07, 6.45) is 9.45. The van der Waals surface area contributed by atoms with Gasteiger partial charge in [0, 0.05) is 4.83 Å². The Labute approximate surface area is 114 Å². The second-order valence-electron chi connectivity index (χ2n) is 5.29. The third kappa shape index (κ3) is 3.58. The molecule has 1 aromatic rings. The molecule has 1 aliphatic carbocycles. The number of hydrogen-bond acceptors (Lipinski definition) is 0. The summed E-state index contributed by atoms with van der Waals surface area (Å²) in [5.74, 6) is 0.858. The summed E-state index contributed by atoms with van der Waals surface area (Å²) in [6.45, 7) is 2.25. The summed E-state index contributed by atoms with van der Waals surface area (Å²) in [5, 5.41) is 0. The number of hydrogen-bond donors (Lipinski definition) is 0. The van der Waals surface area contributed by atoms with E-state index in [1.165, 1.54) is 56.1 Å². The number of unbranched alkanes of at least 4 members (excludes halogenated alkanes) is 1. The second-order valence-corrected chi connectivity index (χ2v) is 6.28. The van der Waals surface area contributed by atoms with E-state index >= 15 is 0 Å². The molecule has 1 atom stereocenters. The predicted molar refractivity (Wildman–Crippen MR) is 78.7 cm³/mol. The fraction of sp³-hybridized carbons (Fsp3) is 0.625. The van der Waals surface area contributed by atoms with Crippen LogP contribution in [-0.2, 0) is 6.42 Å². The third-order valence-electron chi connectivity index (χ3n) is 3.93. The molecule has 94 valence electrons. The minimum absolute atomic E-state index is 0.574. The van der Waals surface area contributed by atoms with E-state index in [0.717, 1.165) is 5.92 Å². The zero-order valence-corrected chi connectivity index (χ0v) is 12.4. The van der Waals surface area contributed by atoms with Crippen molar-refractivity contribution in [3.05, 3.63) is 35.4 Å². The van der Waals surface area contributed by atoms with Crippen molar-refractivity contribution < 1.29 is 0 Å². The van der Waals surface area contributed by atoms with Crippen molar-refractivity contribution in [1.29, 1.82) is 0 Å². The Kier molecular flexibility index (Phi) is 5.09. The lowest BCUT2D eigenvalue weighted by molar-refractivity contribution is 0.542. The Morgan fingerprint density at radius 3 is 2.41 bits per heavy atom. The molecule has 17 heavy (non-hydrogen) atoms. The first-order chi connectivity index (χ1) is 8.31. The Hall–Kier alpha value is -0.300. The summed E-state index contributed by atoms with van der Waals surface area (Å²) < 4.78 is 0. The topological polar surface area (TPSA) is 0 Å². The van der Waals surface area contributed by atoms with Gasteiger partial charge in [-0.25, -0.2) is 0 Å². The first-order valence-corrected chi connectivity index (χ1v) is 7.95. The lowest BCUT2D eigenvalue weighted by atomic mass is 9.96. The van der Waals surface area contributed by atoms with Crippen molar-refractivity contribution in [2.45, 2.75) is 56.7 Å². The minimum Gasteiger partial charge on any atom is -0.0836 e. The van der Waals surface area contributed by atoms with Gasteiger partial charge in [-0.05, 0) is 42.7 Å².